The Labute approximate surface area is 133 Å². The Hall–Kier alpha value is -2.76. The molecule has 5 nitrogen and oxygen atoms in total. The van der Waals surface area contributed by atoms with E-state index in [2.05, 4.69) is 4.98 Å². The van der Waals surface area contributed by atoms with Gasteiger partial charge < -0.3 is 4.90 Å². The quantitative estimate of drug-likeness (QED) is 0.628. The third-order valence-corrected chi connectivity index (χ3v) is 3.88. The molecule has 2 heterocycles. The average Bonchev–Trinajstić information content (AvgIpc) is 2.81. The van der Waals surface area contributed by atoms with Crippen LogP contribution in [0.2, 0.25) is 0 Å². The van der Waals surface area contributed by atoms with E-state index in [9.17, 15) is 14.0 Å². The van der Waals surface area contributed by atoms with Crippen LogP contribution < -0.4 is 4.90 Å². The molecule has 2 aromatic rings. The molecule has 0 radical (unpaired) electrons. The lowest BCUT2D eigenvalue weighted by molar-refractivity contribution is 0.0658. The van der Waals surface area contributed by atoms with Crippen molar-refractivity contribution in [2.75, 3.05) is 24.5 Å². The van der Waals surface area contributed by atoms with Crippen LogP contribution in [0.1, 0.15) is 27.6 Å². The van der Waals surface area contributed by atoms with E-state index in [1.807, 2.05) is 11.8 Å². The van der Waals surface area contributed by atoms with E-state index in [-0.39, 0.29) is 18.4 Å². The van der Waals surface area contributed by atoms with Crippen LogP contribution in [-0.2, 0) is 0 Å². The zero-order chi connectivity index (χ0) is 16.4. The summed E-state index contributed by atoms with van der Waals surface area (Å²) in [5, 5.41) is 0. The Balaban J connectivity index is 1.73. The number of anilines is 1. The highest BCUT2D eigenvalue weighted by Crippen LogP contribution is 2.22. The Morgan fingerprint density at radius 1 is 1.04 bits per heavy atom. The minimum atomic E-state index is -0.554. The van der Waals surface area contributed by atoms with Gasteiger partial charge in [-0.15, -0.1) is 0 Å². The highest BCUT2D eigenvalue weighted by atomic mass is 19.1. The fraction of sp³-hybridized carbons (Fsp3) is 0.235. The molecule has 0 aliphatic carbocycles. The molecular formula is C17H16FN3O2. The molecule has 118 valence electrons. The topological polar surface area (TPSA) is 53.5 Å². The largest absolute Gasteiger partial charge is 0.355 e. The number of nitrogens with zero attached hydrogens (tertiary/aromatic N) is 3. The lowest BCUT2D eigenvalue weighted by atomic mass is 10.1. The first kappa shape index (κ1) is 15.1. The molecule has 0 unspecified atom stereocenters. The molecule has 0 fully saturated rings. The number of carbonyl (C=O) groups excluding carboxylic acids is 2. The van der Waals surface area contributed by atoms with Crippen molar-refractivity contribution in [1.29, 1.82) is 0 Å². The molecule has 0 spiro atoms. The number of benzene rings is 1. The number of amides is 2. The van der Waals surface area contributed by atoms with Gasteiger partial charge >= 0.3 is 0 Å². The van der Waals surface area contributed by atoms with Crippen molar-refractivity contribution in [1.82, 2.24) is 9.88 Å². The number of imide groups is 1. The fourth-order valence-electron chi connectivity index (χ4n) is 2.67. The van der Waals surface area contributed by atoms with Gasteiger partial charge in [-0.1, -0.05) is 18.2 Å². The van der Waals surface area contributed by atoms with Gasteiger partial charge in [0.15, 0.2) is 0 Å². The standard InChI is InChI=1S/C17H16FN3O2/c1-2-20(15-9-5-8-14(18)19-15)10-11-21-16(22)12-6-3-4-7-13(12)17(21)23/h3-9H,2,10-11H2,1H3. The predicted molar refractivity (Wildman–Crippen MR) is 83.9 cm³/mol. The Morgan fingerprint density at radius 3 is 2.26 bits per heavy atom. The van der Waals surface area contributed by atoms with Gasteiger partial charge in [0, 0.05) is 19.6 Å². The first-order chi connectivity index (χ1) is 11.1. The number of fused-ring (bicyclic) bond motifs is 1. The number of hydrogen-bond acceptors (Lipinski definition) is 4. The third kappa shape index (κ3) is 2.79. The monoisotopic (exact) mass is 313 g/mol. The maximum absolute atomic E-state index is 13.3. The molecule has 6 heteroatoms. The smallest absolute Gasteiger partial charge is 0.261 e. The molecule has 3 rings (SSSR count). The van der Waals surface area contributed by atoms with Crippen molar-refractivity contribution < 1.29 is 14.0 Å². The third-order valence-electron chi connectivity index (χ3n) is 3.88. The Bertz CT molecular complexity index is 728. The summed E-state index contributed by atoms with van der Waals surface area (Å²) in [6, 6.07) is 11.4. The fourth-order valence-corrected chi connectivity index (χ4v) is 2.67. The molecule has 0 saturated heterocycles. The van der Waals surface area contributed by atoms with Crippen LogP contribution in [0.5, 0.6) is 0 Å². The van der Waals surface area contributed by atoms with E-state index in [4.69, 9.17) is 0 Å². The molecule has 0 atom stereocenters. The summed E-state index contributed by atoms with van der Waals surface area (Å²) in [6.45, 7) is 3.14. The zero-order valence-electron chi connectivity index (χ0n) is 12.7. The van der Waals surface area contributed by atoms with E-state index >= 15 is 0 Å². The SMILES string of the molecule is CCN(CCN1C(=O)c2ccccc2C1=O)c1cccc(F)n1. The number of hydrogen-bond donors (Lipinski definition) is 0. The van der Waals surface area contributed by atoms with Gasteiger partial charge in [0.2, 0.25) is 5.95 Å². The van der Waals surface area contributed by atoms with Crippen LogP contribution in [0.25, 0.3) is 0 Å². The number of carbonyl (C=O) groups is 2. The van der Waals surface area contributed by atoms with Crippen LogP contribution >= 0.6 is 0 Å². The minimum Gasteiger partial charge on any atom is -0.355 e. The van der Waals surface area contributed by atoms with E-state index in [1.165, 1.54) is 11.0 Å². The molecule has 0 N–H and O–H groups in total. The highest BCUT2D eigenvalue weighted by Gasteiger charge is 2.34. The average molecular weight is 313 g/mol. The summed E-state index contributed by atoms with van der Waals surface area (Å²) in [4.78, 5) is 31.5. The Morgan fingerprint density at radius 2 is 1.70 bits per heavy atom. The lowest BCUT2D eigenvalue weighted by Crippen LogP contribution is -2.38. The maximum Gasteiger partial charge on any atom is 0.261 e. The first-order valence-electron chi connectivity index (χ1n) is 7.44. The van der Waals surface area contributed by atoms with E-state index in [0.717, 1.165) is 0 Å². The molecule has 0 saturated carbocycles. The number of halogens is 1. The molecule has 1 aromatic heterocycles. The van der Waals surface area contributed by atoms with Crippen molar-refractivity contribution in [3.05, 3.63) is 59.5 Å². The van der Waals surface area contributed by atoms with Crippen LogP contribution in [0.15, 0.2) is 42.5 Å². The van der Waals surface area contributed by atoms with Gasteiger partial charge in [0.25, 0.3) is 11.8 Å². The molecule has 23 heavy (non-hydrogen) atoms. The first-order valence-corrected chi connectivity index (χ1v) is 7.44. The van der Waals surface area contributed by atoms with E-state index < -0.39 is 5.95 Å². The van der Waals surface area contributed by atoms with Crippen LogP contribution in [0.3, 0.4) is 0 Å². The molecule has 1 aliphatic heterocycles. The number of likely N-dealkylation sites (N-methyl/N-ethyl adjacent to an activating group) is 1. The summed E-state index contributed by atoms with van der Waals surface area (Å²) >= 11 is 0. The maximum atomic E-state index is 13.3. The zero-order valence-corrected chi connectivity index (χ0v) is 12.7. The van der Waals surface area contributed by atoms with Crippen molar-refractivity contribution in [2.45, 2.75) is 6.92 Å². The van der Waals surface area contributed by atoms with Gasteiger partial charge in [0.1, 0.15) is 5.82 Å². The number of pyridine rings is 1. The second kappa shape index (κ2) is 6.16. The van der Waals surface area contributed by atoms with Gasteiger partial charge in [-0.05, 0) is 31.2 Å². The van der Waals surface area contributed by atoms with Crippen LogP contribution in [-0.4, -0.2) is 41.3 Å². The minimum absolute atomic E-state index is 0.235. The highest BCUT2D eigenvalue weighted by molar-refractivity contribution is 6.21. The van der Waals surface area contributed by atoms with Crippen molar-refractivity contribution in [2.24, 2.45) is 0 Å². The van der Waals surface area contributed by atoms with Crippen LogP contribution in [0, 0.1) is 5.95 Å². The van der Waals surface area contributed by atoms with Crippen molar-refractivity contribution in [3.8, 4) is 0 Å². The molecular weight excluding hydrogens is 297 g/mol. The number of aromatic nitrogens is 1. The molecule has 1 aromatic carbocycles. The molecule has 1 aliphatic rings. The second-order valence-electron chi connectivity index (χ2n) is 5.21. The van der Waals surface area contributed by atoms with Crippen molar-refractivity contribution >= 4 is 17.6 Å². The van der Waals surface area contributed by atoms with Gasteiger partial charge in [-0.2, -0.15) is 4.39 Å². The van der Waals surface area contributed by atoms with Crippen LogP contribution in [0.4, 0.5) is 10.2 Å². The summed E-state index contributed by atoms with van der Waals surface area (Å²) in [5.41, 5.74) is 0.869. The number of rotatable bonds is 5. The van der Waals surface area contributed by atoms with Gasteiger partial charge in [-0.25, -0.2) is 4.98 Å². The normalized spacial score (nSPS) is 13.4. The molecule has 2 amide bonds. The second-order valence-corrected chi connectivity index (χ2v) is 5.21. The summed E-state index contributed by atoms with van der Waals surface area (Å²) in [7, 11) is 0. The molecule has 0 bridgehead atoms. The lowest BCUT2D eigenvalue weighted by Gasteiger charge is -2.24. The van der Waals surface area contributed by atoms with Crippen molar-refractivity contribution in [3.63, 3.8) is 0 Å². The summed E-state index contributed by atoms with van der Waals surface area (Å²) < 4.78 is 13.3. The predicted octanol–water partition coefficient (Wildman–Crippen LogP) is 2.34. The Kier molecular flexibility index (Phi) is 4.06. The van der Waals surface area contributed by atoms with E-state index in [1.54, 1.807) is 36.4 Å². The van der Waals surface area contributed by atoms with E-state index in [0.29, 0.717) is 30.0 Å². The van der Waals surface area contributed by atoms with Gasteiger partial charge in [0.05, 0.1) is 11.1 Å². The van der Waals surface area contributed by atoms with Gasteiger partial charge in [-0.3, -0.25) is 14.5 Å². The summed E-state index contributed by atoms with van der Waals surface area (Å²) in [5.74, 6) is -0.631. The summed E-state index contributed by atoms with van der Waals surface area (Å²) in [6.07, 6.45) is 0.